The van der Waals surface area contributed by atoms with Crippen LogP contribution in [0.4, 0.5) is 36.4 Å². The van der Waals surface area contributed by atoms with E-state index < -0.39 is 40.3 Å². The number of ketones is 1. The lowest BCUT2D eigenvalue weighted by Crippen LogP contribution is -2.54. The van der Waals surface area contributed by atoms with Crippen molar-refractivity contribution < 1.29 is 49.6 Å². The van der Waals surface area contributed by atoms with E-state index >= 15 is 0 Å². The third-order valence-corrected chi connectivity index (χ3v) is 8.34. The van der Waals surface area contributed by atoms with Gasteiger partial charge in [-0.3, -0.25) is 13.9 Å². The lowest BCUT2D eigenvalue weighted by molar-refractivity contribution is -0.376. The molecule has 2 aromatic carbocycles. The van der Waals surface area contributed by atoms with Crippen molar-refractivity contribution >= 4 is 28.4 Å². The summed E-state index contributed by atoms with van der Waals surface area (Å²) in [5, 5.41) is 12.7. The van der Waals surface area contributed by atoms with Crippen LogP contribution in [-0.2, 0) is 32.6 Å². The zero-order valence-corrected chi connectivity index (χ0v) is 24.7. The van der Waals surface area contributed by atoms with Crippen LogP contribution in [0.25, 0.3) is 0 Å². The monoisotopic (exact) mass is 651 g/mol. The minimum absolute atomic E-state index is 0.0936. The standard InChI is InChI=1S/C18H14F7NO2S.C9H16N2O2.C2H2/c19-13-4-6-14(7-5-13)29(28)26-9-1-2-11-10-12(3-8-15(11)26)16(27,17(20,21)22)18(23,24)25;1-7(12)5-10-9-3-4-11(6-9)8(2)13;1-2/h3-8,10,27H,1-2,9H2;9-10H,3-6H2,1-2H3;1-2H. The van der Waals surface area contributed by atoms with Gasteiger partial charge >= 0.3 is 12.4 Å². The molecule has 7 nitrogen and oxygen atoms in total. The predicted molar refractivity (Wildman–Crippen MR) is 150 cm³/mol. The first-order valence-corrected chi connectivity index (χ1v) is 14.3. The van der Waals surface area contributed by atoms with E-state index in [1.807, 2.05) is 0 Å². The number of nitrogens with zero attached hydrogens (tertiary/aromatic N) is 2. The highest BCUT2D eigenvalue weighted by atomic mass is 32.2. The number of halogens is 7. The fraction of sp³-hybridized carbons (Fsp3) is 0.448. The van der Waals surface area contributed by atoms with Gasteiger partial charge in [-0.1, -0.05) is 12.1 Å². The maximum atomic E-state index is 13.1. The summed E-state index contributed by atoms with van der Waals surface area (Å²) in [5.41, 5.74) is -6.09. The zero-order valence-electron chi connectivity index (χ0n) is 23.8. The number of terminal acetylenes is 1. The molecule has 44 heavy (non-hydrogen) atoms. The van der Waals surface area contributed by atoms with Crippen LogP contribution in [0, 0.1) is 18.7 Å². The van der Waals surface area contributed by atoms with E-state index in [0.29, 0.717) is 31.1 Å². The van der Waals surface area contributed by atoms with Crippen molar-refractivity contribution in [1.29, 1.82) is 0 Å². The van der Waals surface area contributed by atoms with Gasteiger partial charge in [0, 0.05) is 38.2 Å². The number of nitrogens with one attached hydrogen (secondary N) is 1. The number of fused-ring (bicyclic) bond motifs is 1. The maximum absolute atomic E-state index is 13.1. The molecule has 4 rings (SSSR count). The Morgan fingerprint density at radius 2 is 1.59 bits per heavy atom. The summed E-state index contributed by atoms with van der Waals surface area (Å²) in [6.07, 6.45) is -2.55. The highest BCUT2D eigenvalue weighted by Gasteiger charge is 2.71. The quantitative estimate of drug-likeness (QED) is 0.351. The molecule has 0 bridgehead atoms. The van der Waals surface area contributed by atoms with Gasteiger partial charge in [0.05, 0.1) is 17.1 Å². The van der Waals surface area contributed by atoms with Crippen LogP contribution >= 0.6 is 0 Å². The predicted octanol–water partition coefficient (Wildman–Crippen LogP) is 4.65. The van der Waals surface area contributed by atoms with Gasteiger partial charge in [-0.15, -0.1) is 12.8 Å². The molecule has 2 atom stereocenters. The molecule has 0 aliphatic carbocycles. The van der Waals surface area contributed by atoms with Gasteiger partial charge in [0.1, 0.15) is 11.6 Å². The van der Waals surface area contributed by atoms with Crippen molar-refractivity contribution in [2.75, 3.05) is 30.5 Å². The number of hydrogen-bond acceptors (Lipinski definition) is 5. The molecule has 15 heteroatoms. The first-order valence-electron chi connectivity index (χ1n) is 13.2. The first-order chi connectivity index (χ1) is 20.5. The van der Waals surface area contributed by atoms with Gasteiger partial charge in [-0.05, 0) is 62.1 Å². The molecule has 242 valence electrons. The van der Waals surface area contributed by atoms with Gasteiger partial charge in [0.25, 0.3) is 5.60 Å². The van der Waals surface area contributed by atoms with Crippen LogP contribution in [0.5, 0.6) is 0 Å². The topological polar surface area (TPSA) is 90.0 Å². The average molecular weight is 652 g/mol. The molecule has 1 amide bonds. The molecular weight excluding hydrogens is 619 g/mol. The molecule has 2 heterocycles. The van der Waals surface area contributed by atoms with E-state index in [2.05, 4.69) is 18.2 Å². The number of alkyl halides is 6. The summed E-state index contributed by atoms with van der Waals surface area (Å²) in [7, 11) is -1.84. The van der Waals surface area contributed by atoms with Crippen LogP contribution in [0.2, 0.25) is 0 Å². The molecule has 2 aromatic rings. The van der Waals surface area contributed by atoms with Crippen molar-refractivity contribution in [1.82, 2.24) is 10.2 Å². The number of Topliss-reactive ketones (excluding diaryl/α,β-unsaturated/α-hetero) is 1. The Bertz CT molecular complexity index is 1330. The fourth-order valence-electron chi connectivity index (χ4n) is 4.63. The normalized spacial score (nSPS) is 17.4. The Morgan fingerprint density at radius 1 is 1.00 bits per heavy atom. The van der Waals surface area contributed by atoms with E-state index in [4.69, 9.17) is 0 Å². The van der Waals surface area contributed by atoms with E-state index in [0.717, 1.165) is 37.7 Å². The van der Waals surface area contributed by atoms with E-state index in [-0.39, 0.29) is 40.8 Å². The molecule has 2 N–H and O–H groups in total. The minimum Gasteiger partial charge on any atom is -0.369 e. The number of benzene rings is 2. The summed E-state index contributed by atoms with van der Waals surface area (Å²) in [6.45, 7) is 5.33. The van der Waals surface area contributed by atoms with Crippen LogP contribution in [-0.4, -0.2) is 70.5 Å². The Morgan fingerprint density at radius 3 is 2.09 bits per heavy atom. The number of hydrogen-bond donors (Lipinski definition) is 2. The lowest BCUT2D eigenvalue weighted by Gasteiger charge is -2.35. The first kappa shape index (κ1) is 36.7. The number of carbonyl (C=O) groups excluding carboxylic acids is 2. The van der Waals surface area contributed by atoms with Crippen LogP contribution in [0.1, 0.15) is 37.8 Å². The Hall–Kier alpha value is -3.48. The number of anilines is 1. The van der Waals surface area contributed by atoms with Crippen molar-refractivity contribution in [2.45, 2.75) is 62.0 Å². The van der Waals surface area contributed by atoms with Crippen molar-refractivity contribution in [2.24, 2.45) is 0 Å². The number of aryl methyl sites for hydroxylation is 1. The molecule has 1 saturated heterocycles. The van der Waals surface area contributed by atoms with Crippen molar-refractivity contribution in [3.63, 3.8) is 0 Å². The van der Waals surface area contributed by atoms with Gasteiger partial charge in [-0.25, -0.2) is 8.60 Å². The second-order valence-electron chi connectivity index (χ2n) is 9.99. The SMILES string of the molecule is C#C.CC(=O)CNC1CCN(C(C)=O)C1.O=S(c1ccc(F)cc1)N1CCCc2cc(C(O)(C(F)(F)F)C(F)(F)F)ccc21. The molecule has 2 aliphatic heterocycles. The highest BCUT2D eigenvalue weighted by molar-refractivity contribution is 7.86. The Balaban J connectivity index is 0.000000376. The smallest absolute Gasteiger partial charge is 0.369 e. The van der Waals surface area contributed by atoms with Crippen LogP contribution in [0.15, 0.2) is 47.4 Å². The third kappa shape index (κ3) is 8.58. The zero-order chi connectivity index (χ0) is 33.5. The van der Waals surface area contributed by atoms with Gasteiger partial charge in [0.2, 0.25) is 5.91 Å². The van der Waals surface area contributed by atoms with E-state index in [1.54, 1.807) is 18.7 Å². The molecule has 0 spiro atoms. The number of likely N-dealkylation sites (tertiary alicyclic amines) is 1. The van der Waals surface area contributed by atoms with Crippen LogP contribution < -0.4 is 9.62 Å². The number of amides is 1. The number of carbonyl (C=O) groups is 2. The Labute approximate surface area is 253 Å². The second kappa shape index (κ2) is 15.0. The summed E-state index contributed by atoms with van der Waals surface area (Å²) < 4.78 is 106. The molecule has 2 aliphatic rings. The Kier molecular flexibility index (Phi) is 12.5. The maximum Gasteiger partial charge on any atom is 0.430 e. The van der Waals surface area contributed by atoms with Crippen molar-refractivity contribution in [3.05, 3.63) is 59.4 Å². The van der Waals surface area contributed by atoms with Gasteiger partial charge in [-0.2, -0.15) is 26.3 Å². The average Bonchev–Trinajstić information content (AvgIpc) is 3.45. The summed E-state index contributed by atoms with van der Waals surface area (Å²) in [5.74, 6) is -0.290. The van der Waals surface area contributed by atoms with E-state index in [9.17, 15) is 49.6 Å². The molecule has 0 aromatic heterocycles. The molecule has 2 unspecified atom stereocenters. The van der Waals surface area contributed by atoms with Gasteiger partial charge in [0.15, 0.2) is 11.0 Å². The minimum atomic E-state index is -5.98. The second-order valence-corrected chi connectivity index (χ2v) is 11.4. The molecular formula is C29H32F7N3O4S. The summed E-state index contributed by atoms with van der Waals surface area (Å²) >= 11 is 0. The highest BCUT2D eigenvalue weighted by Crippen LogP contribution is 2.50. The number of rotatable bonds is 6. The largest absolute Gasteiger partial charge is 0.430 e. The molecule has 0 saturated carbocycles. The number of aliphatic hydroxyl groups is 1. The molecule has 0 radical (unpaired) electrons. The molecule has 1 fully saturated rings. The van der Waals surface area contributed by atoms with E-state index in [1.165, 1.54) is 16.4 Å². The third-order valence-electron chi connectivity index (χ3n) is 6.88. The summed E-state index contributed by atoms with van der Waals surface area (Å²) in [6, 6.07) is 7.19. The lowest BCUT2D eigenvalue weighted by atomic mass is 9.89. The summed E-state index contributed by atoms with van der Waals surface area (Å²) in [4.78, 5) is 23.7. The van der Waals surface area contributed by atoms with Crippen molar-refractivity contribution in [3.8, 4) is 12.8 Å². The fourth-order valence-corrected chi connectivity index (χ4v) is 5.90. The van der Waals surface area contributed by atoms with Gasteiger partial charge < -0.3 is 15.3 Å². The van der Waals surface area contributed by atoms with Crippen LogP contribution in [0.3, 0.4) is 0 Å².